The van der Waals surface area contributed by atoms with E-state index in [0.29, 0.717) is 5.41 Å². The first-order valence-electron chi connectivity index (χ1n) is 4.55. The first kappa shape index (κ1) is 9.01. The van der Waals surface area contributed by atoms with E-state index in [1.165, 1.54) is 12.8 Å². The summed E-state index contributed by atoms with van der Waals surface area (Å²) in [6.45, 7) is 8.60. The summed E-state index contributed by atoms with van der Waals surface area (Å²) >= 11 is 0. The van der Waals surface area contributed by atoms with E-state index in [4.69, 9.17) is 4.74 Å². The number of rotatable bonds is 4. The molecule has 0 amide bonds. The van der Waals surface area contributed by atoms with Crippen LogP contribution in [0.3, 0.4) is 0 Å². The highest BCUT2D eigenvalue weighted by molar-refractivity contribution is 4.78. The molecule has 0 spiro atoms. The van der Waals surface area contributed by atoms with Crippen LogP contribution < -0.4 is 5.32 Å². The van der Waals surface area contributed by atoms with Gasteiger partial charge in [-0.05, 0) is 31.3 Å². The second-order valence-electron chi connectivity index (χ2n) is 3.72. The molecule has 0 saturated carbocycles. The fraction of sp³-hybridized carbons (Fsp3) is 1.00. The summed E-state index contributed by atoms with van der Waals surface area (Å²) in [5.41, 5.74) is 0.460. The Morgan fingerprint density at radius 1 is 1.55 bits per heavy atom. The molecule has 1 fully saturated rings. The zero-order valence-electron chi connectivity index (χ0n) is 7.65. The van der Waals surface area contributed by atoms with E-state index in [0.717, 1.165) is 26.3 Å². The van der Waals surface area contributed by atoms with Crippen LogP contribution in [-0.4, -0.2) is 26.3 Å². The van der Waals surface area contributed by atoms with Gasteiger partial charge in [-0.2, -0.15) is 0 Å². The first-order valence-corrected chi connectivity index (χ1v) is 4.55. The van der Waals surface area contributed by atoms with Crippen LogP contribution in [0.2, 0.25) is 0 Å². The van der Waals surface area contributed by atoms with Crippen molar-refractivity contribution in [1.29, 1.82) is 0 Å². The van der Waals surface area contributed by atoms with Crippen molar-refractivity contribution >= 4 is 0 Å². The minimum atomic E-state index is 0.460. The fourth-order valence-corrected chi connectivity index (χ4v) is 1.47. The second kappa shape index (κ2) is 4.07. The lowest BCUT2D eigenvalue weighted by atomic mass is 9.86. The van der Waals surface area contributed by atoms with E-state index in [1.54, 1.807) is 0 Å². The van der Waals surface area contributed by atoms with Crippen LogP contribution in [-0.2, 0) is 4.74 Å². The van der Waals surface area contributed by atoms with E-state index < -0.39 is 0 Å². The van der Waals surface area contributed by atoms with Gasteiger partial charge in [-0.1, -0.05) is 13.8 Å². The van der Waals surface area contributed by atoms with Crippen molar-refractivity contribution in [3.8, 4) is 0 Å². The summed E-state index contributed by atoms with van der Waals surface area (Å²) in [5.74, 6) is 0. The van der Waals surface area contributed by atoms with E-state index in [1.807, 2.05) is 0 Å². The summed E-state index contributed by atoms with van der Waals surface area (Å²) in [7, 11) is 0. The lowest BCUT2D eigenvalue weighted by Crippen LogP contribution is -2.24. The molecule has 66 valence electrons. The Kier molecular flexibility index (Phi) is 3.34. The van der Waals surface area contributed by atoms with Gasteiger partial charge in [-0.3, -0.25) is 0 Å². The van der Waals surface area contributed by atoms with E-state index in [2.05, 4.69) is 19.2 Å². The molecule has 0 radical (unpaired) electrons. The van der Waals surface area contributed by atoms with Crippen LogP contribution in [0, 0.1) is 5.41 Å². The molecule has 1 N–H and O–H groups in total. The molecule has 1 aliphatic rings. The first-order chi connectivity index (χ1) is 5.27. The average Bonchev–Trinajstić information content (AvgIpc) is 2.38. The van der Waals surface area contributed by atoms with Gasteiger partial charge >= 0.3 is 0 Å². The highest BCUT2D eigenvalue weighted by atomic mass is 16.5. The van der Waals surface area contributed by atoms with Crippen LogP contribution in [0.25, 0.3) is 0 Å². The van der Waals surface area contributed by atoms with Crippen molar-refractivity contribution in [3.63, 3.8) is 0 Å². The largest absolute Gasteiger partial charge is 0.381 e. The van der Waals surface area contributed by atoms with Gasteiger partial charge in [0.1, 0.15) is 0 Å². The molecule has 2 nitrogen and oxygen atoms in total. The highest BCUT2D eigenvalue weighted by Crippen LogP contribution is 2.30. The summed E-state index contributed by atoms with van der Waals surface area (Å²) in [4.78, 5) is 0. The molecule has 0 aromatic rings. The van der Waals surface area contributed by atoms with Crippen molar-refractivity contribution in [2.45, 2.75) is 26.7 Å². The molecule has 1 rings (SSSR count). The van der Waals surface area contributed by atoms with Crippen LogP contribution >= 0.6 is 0 Å². The van der Waals surface area contributed by atoms with Crippen molar-refractivity contribution in [1.82, 2.24) is 5.32 Å². The van der Waals surface area contributed by atoms with Crippen molar-refractivity contribution in [2.24, 2.45) is 5.41 Å². The molecule has 1 saturated heterocycles. The number of ether oxygens (including phenoxy) is 1. The maximum atomic E-state index is 5.36. The SMILES string of the molecule is CCNCCC1(C)CCOC1. The monoisotopic (exact) mass is 157 g/mol. The number of hydrogen-bond acceptors (Lipinski definition) is 2. The van der Waals surface area contributed by atoms with Gasteiger partial charge in [0.15, 0.2) is 0 Å². The van der Waals surface area contributed by atoms with Crippen LogP contribution in [0.5, 0.6) is 0 Å². The van der Waals surface area contributed by atoms with Crippen molar-refractivity contribution < 1.29 is 4.74 Å². The molecular weight excluding hydrogens is 138 g/mol. The standard InChI is InChI=1S/C9H19NO/c1-3-10-6-4-9(2)5-7-11-8-9/h10H,3-8H2,1-2H3. The Bertz CT molecular complexity index is 108. The highest BCUT2D eigenvalue weighted by Gasteiger charge is 2.28. The van der Waals surface area contributed by atoms with E-state index in [9.17, 15) is 0 Å². The lowest BCUT2D eigenvalue weighted by molar-refractivity contribution is 0.155. The number of nitrogens with one attached hydrogen (secondary N) is 1. The zero-order valence-corrected chi connectivity index (χ0v) is 7.65. The molecule has 11 heavy (non-hydrogen) atoms. The van der Waals surface area contributed by atoms with Crippen molar-refractivity contribution in [2.75, 3.05) is 26.3 Å². The lowest BCUT2D eigenvalue weighted by Gasteiger charge is -2.21. The quantitative estimate of drug-likeness (QED) is 0.623. The maximum Gasteiger partial charge on any atom is 0.0521 e. The zero-order chi connectivity index (χ0) is 8.16. The minimum absolute atomic E-state index is 0.460. The van der Waals surface area contributed by atoms with Crippen LogP contribution in [0.1, 0.15) is 26.7 Å². The second-order valence-corrected chi connectivity index (χ2v) is 3.72. The molecule has 0 aliphatic carbocycles. The van der Waals surface area contributed by atoms with Gasteiger partial charge in [0.25, 0.3) is 0 Å². The third-order valence-electron chi connectivity index (χ3n) is 2.46. The van der Waals surface area contributed by atoms with Crippen molar-refractivity contribution in [3.05, 3.63) is 0 Å². The Balaban J connectivity index is 2.13. The third-order valence-corrected chi connectivity index (χ3v) is 2.46. The summed E-state index contributed by atoms with van der Waals surface area (Å²) in [6, 6.07) is 0. The topological polar surface area (TPSA) is 21.3 Å². The molecule has 1 atom stereocenters. The van der Waals surface area contributed by atoms with E-state index in [-0.39, 0.29) is 0 Å². The predicted octanol–water partition coefficient (Wildman–Crippen LogP) is 1.41. The minimum Gasteiger partial charge on any atom is -0.381 e. The third kappa shape index (κ3) is 2.80. The number of hydrogen-bond donors (Lipinski definition) is 1. The Hall–Kier alpha value is -0.0800. The van der Waals surface area contributed by atoms with Crippen LogP contribution in [0.15, 0.2) is 0 Å². The molecule has 2 heteroatoms. The Labute approximate surface area is 69.3 Å². The Morgan fingerprint density at radius 2 is 2.36 bits per heavy atom. The molecule has 1 aliphatic heterocycles. The predicted molar refractivity (Wildman–Crippen MR) is 46.7 cm³/mol. The average molecular weight is 157 g/mol. The molecule has 0 aromatic heterocycles. The van der Waals surface area contributed by atoms with Gasteiger partial charge in [-0.15, -0.1) is 0 Å². The summed E-state index contributed by atoms with van der Waals surface area (Å²) < 4.78 is 5.36. The van der Waals surface area contributed by atoms with Gasteiger partial charge in [0, 0.05) is 6.61 Å². The van der Waals surface area contributed by atoms with Crippen LogP contribution in [0.4, 0.5) is 0 Å². The molecule has 1 unspecified atom stereocenters. The summed E-state index contributed by atoms with van der Waals surface area (Å²) in [6.07, 6.45) is 2.49. The molecule has 0 aromatic carbocycles. The van der Waals surface area contributed by atoms with Gasteiger partial charge in [0.2, 0.25) is 0 Å². The maximum absolute atomic E-state index is 5.36. The van der Waals surface area contributed by atoms with E-state index >= 15 is 0 Å². The summed E-state index contributed by atoms with van der Waals surface area (Å²) in [5, 5.41) is 3.34. The molecular formula is C9H19NO. The Morgan fingerprint density at radius 3 is 2.91 bits per heavy atom. The van der Waals surface area contributed by atoms with Gasteiger partial charge < -0.3 is 10.1 Å². The van der Waals surface area contributed by atoms with Gasteiger partial charge in [-0.25, -0.2) is 0 Å². The molecule has 0 bridgehead atoms. The smallest absolute Gasteiger partial charge is 0.0521 e. The normalized spacial score (nSPS) is 31.1. The fourth-order valence-electron chi connectivity index (χ4n) is 1.47. The molecule has 1 heterocycles. The van der Waals surface area contributed by atoms with Gasteiger partial charge in [0.05, 0.1) is 6.61 Å².